The van der Waals surface area contributed by atoms with Crippen LogP contribution in [0.3, 0.4) is 0 Å². The predicted octanol–water partition coefficient (Wildman–Crippen LogP) is 7.17. The van der Waals surface area contributed by atoms with Crippen LogP contribution >= 0.6 is 0 Å². The summed E-state index contributed by atoms with van der Waals surface area (Å²) >= 11 is 0. The molecular formula is C61H100N2O17. The molecule has 456 valence electrons. The zero-order chi connectivity index (χ0) is 58.9. The molecule has 19 nitrogen and oxygen atoms in total. The first kappa shape index (κ1) is 68.6. The minimum Gasteiger partial charge on any atom is -0.460 e. The number of rotatable bonds is 20. The molecule has 4 N–H and O–H groups in total. The lowest BCUT2D eigenvalue weighted by molar-refractivity contribution is -0.265. The number of esters is 1. The molecule has 1 aliphatic carbocycles. The van der Waals surface area contributed by atoms with Crippen LogP contribution in [-0.4, -0.2) is 184 Å². The van der Waals surface area contributed by atoms with Crippen molar-refractivity contribution in [3.63, 3.8) is 0 Å². The Kier molecular flexibility index (Phi) is 30.3. The topological polar surface area (TPSA) is 244 Å². The van der Waals surface area contributed by atoms with Crippen LogP contribution in [0.1, 0.15) is 139 Å². The van der Waals surface area contributed by atoms with Crippen LogP contribution in [0.2, 0.25) is 0 Å². The molecule has 2 saturated heterocycles. The van der Waals surface area contributed by atoms with E-state index < -0.39 is 96.1 Å². The predicted molar refractivity (Wildman–Crippen MR) is 301 cm³/mol. The number of aliphatic hydroxyl groups is 3. The number of hydrogen-bond acceptors (Lipinski definition) is 17. The minimum atomic E-state index is -2.45. The van der Waals surface area contributed by atoms with Crippen LogP contribution in [0, 0.1) is 35.5 Å². The number of amides is 2. The van der Waals surface area contributed by atoms with Gasteiger partial charge in [-0.2, -0.15) is 0 Å². The molecule has 1 saturated carbocycles. The van der Waals surface area contributed by atoms with Gasteiger partial charge in [0.25, 0.3) is 11.7 Å². The van der Waals surface area contributed by atoms with Gasteiger partial charge in [-0.1, -0.05) is 78.0 Å². The smallest absolute Gasteiger partial charge is 0.407 e. The second-order valence-electron chi connectivity index (χ2n) is 22.9. The molecule has 2 bridgehead atoms. The third-order valence-electron chi connectivity index (χ3n) is 16.5. The SMILES string of the molecule is CCCOCCOCCOCCNC(=O)O[C@@H]1CC[C@@H](C[C@@H](C)[C@@H](O)C[C@H]2OC(=O)[C@@H]3CCCCN3C(=O)C(=O)[C@]3(O)O[C@@H](CC[C@H]3C)C[C@H](OC)/C(C)=C/C=C/C=C/[C@@H](C)C[C@@H](C)C(=O)[C@H](OC)[C@H](O)/C(C)=C/[C@H]2C)C[C@H]1OC. The van der Waals surface area contributed by atoms with Gasteiger partial charge in [-0.15, -0.1) is 0 Å². The number of carbonyl (C=O) groups is 5. The Morgan fingerprint density at radius 2 is 1.51 bits per heavy atom. The molecule has 3 fully saturated rings. The van der Waals surface area contributed by atoms with Gasteiger partial charge >= 0.3 is 12.1 Å². The fourth-order valence-corrected chi connectivity index (χ4v) is 11.5. The average molecular weight is 1130 g/mol. The number of Topliss-reactive ketones (excluding diaryl/α,β-unsaturated/α-hetero) is 2. The van der Waals surface area contributed by atoms with Crippen molar-refractivity contribution in [2.24, 2.45) is 35.5 Å². The van der Waals surface area contributed by atoms with Crippen molar-refractivity contribution in [3.8, 4) is 0 Å². The molecule has 80 heavy (non-hydrogen) atoms. The number of carbonyl (C=O) groups excluding carboxylic acids is 5. The van der Waals surface area contributed by atoms with Crippen LogP contribution in [0.15, 0.2) is 47.6 Å². The number of nitrogens with zero attached hydrogens (tertiary/aromatic N) is 1. The van der Waals surface area contributed by atoms with E-state index in [4.69, 9.17) is 42.6 Å². The lowest BCUT2D eigenvalue weighted by Crippen LogP contribution is -2.61. The van der Waals surface area contributed by atoms with E-state index in [-0.39, 0.29) is 55.6 Å². The molecular weight excluding hydrogens is 1030 g/mol. The molecule has 0 aromatic heterocycles. The van der Waals surface area contributed by atoms with Gasteiger partial charge in [-0.25, -0.2) is 9.59 Å². The zero-order valence-corrected chi connectivity index (χ0v) is 50.0. The van der Waals surface area contributed by atoms with E-state index in [1.54, 1.807) is 41.1 Å². The van der Waals surface area contributed by atoms with Crippen molar-refractivity contribution in [2.75, 3.05) is 74.1 Å². The van der Waals surface area contributed by atoms with Gasteiger partial charge in [0.2, 0.25) is 5.79 Å². The second kappa shape index (κ2) is 35.3. The molecule has 4 rings (SSSR count). The van der Waals surface area contributed by atoms with E-state index in [1.165, 1.54) is 12.0 Å². The van der Waals surface area contributed by atoms with Gasteiger partial charge in [-0.05, 0) is 113 Å². The Hall–Kier alpha value is -3.89. The monoisotopic (exact) mass is 1130 g/mol. The summed E-state index contributed by atoms with van der Waals surface area (Å²) in [4.78, 5) is 71.2. The summed E-state index contributed by atoms with van der Waals surface area (Å²) in [7, 11) is 4.54. The number of fused-ring (bicyclic) bond motifs is 3. The van der Waals surface area contributed by atoms with E-state index in [9.17, 15) is 39.3 Å². The third-order valence-corrected chi connectivity index (χ3v) is 16.5. The molecule has 0 spiro atoms. The number of nitrogens with one attached hydrogen (secondary N) is 1. The third kappa shape index (κ3) is 21.1. The van der Waals surface area contributed by atoms with Gasteiger partial charge < -0.3 is 68.2 Å². The largest absolute Gasteiger partial charge is 0.460 e. The molecule has 0 radical (unpaired) electrons. The van der Waals surface area contributed by atoms with Crippen LogP contribution in [0.5, 0.6) is 0 Å². The summed E-state index contributed by atoms with van der Waals surface area (Å²) in [6.45, 7) is 18.0. The number of allylic oxidation sites excluding steroid dienone is 5. The average Bonchev–Trinajstić information content (AvgIpc) is 3.48. The minimum absolute atomic E-state index is 0.00578. The van der Waals surface area contributed by atoms with E-state index in [2.05, 4.69) is 5.32 Å². The number of methoxy groups -OCH3 is 3. The molecule has 0 aromatic rings. The van der Waals surface area contributed by atoms with Gasteiger partial charge in [0.05, 0.1) is 57.5 Å². The van der Waals surface area contributed by atoms with E-state index in [1.807, 2.05) is 65.0 Å². The fraction of sp³-hybridized carbons (Fsp3) is 0.787. The molecule has 4 aliphatic rings. The summed E-state index contributed by atoms with van der Waals surface area (Å²) in [6.07, 6.45) is 10.6. The maximum Gasteiger partial charge on any atom is 0.407 e. The van der Waals surface area contributed by atoms with Crippen LogP contribution in [-0.2, 0) is 61.8 Å². The molecule has 0 aromatic carbocycles. The molecule has 3 heterocycles. The Morgan fingerprint density at radius 1 is 0.812 bits per heavy atom. The number of hydrogen-bond donors (Lipinski definition) is 4. The lowest BCUT2D eigenvalue weighted by atomic mass is 9.78. The number of cyclic esters (lactones) is 1. The molecule has 3 aliphatic heterocycles. The van der Waals surface area contributed by atoms with Gasteiger partial charge in [-0.3, -0.25) is 14.4 Å². The van der Waals surface area contributed by atoms with Crippen molar-refractivity contribution in [3.05, 3.63) is 47.6 Å². The van der Waals surface area contributed by atoms with Gasteiger partial charge in [0.1, 0.15) is 30.5 Å². The molecule has 19 heteroatoms. The highest BCUT2D eigenvalue weighted by Crippen LogP contribution is 2.38. The van der Waals surface area contributed by atoms with Gasteiger partial charge in [0.15, 0.2) is 5.78 Å². The number of aliphatic hydroxyl groups excluding tert-OH is 2. The lowest BCUT2D eigenvalue weighted by Gasteiger charge is -2.42. The Morgan fingerprint density at radius 3 is 2.19 bits per heavy atom. The number of piperidine rings is 1. The van der Waals surface area contributed by atoms with Crippen molar-refractivity contribution in [1.82, 2.24) is 10.2 Å². The first-order valence-electron chi connectivity index (χ1n) is 29.5. The maximum absolute atomic E-state index is 14.6. The second-order valence-corrected chi connectivity index (χ2v) is 22.9. The van der Waals surface area contributed by atoms with E-state index in [0.717, 1.165) is 12.0 Å². The van der Waals surface area contributed by atoms with Gasteiger partial charge in [0, 0.05) is 71.6 Å². The highest BCUT2D eigenvalue weighted by Gasteiger charge is 2.53. The summed E-state index contributed by atoms with van der Waals surface area (Å²) in [5.41, 5.74) is 1.27. The normalized spacial score (nSPS) is 35.0. The highest BCUT2D eigenvalue weighted by molar-refractivity contribution is 6.39. The van der Waals surface area contributed by atoms with Crippen LogP contribution < -0.4 is 5.32 Å². The summed E-state index contributed by atoms with van der Waals surface area (Å²) in [5.74, 6) is -7.73. The number of ketones is 2. The summed E-state index contributed by atoms with van der Waals surface area (Å²) in [5, 5.41) is 38.5. The van der Waals surface area contributed by atoms with Crippen molar-refractivity contribution in [1.29, 1.82) is 0 Å². The zero-order valence-electron chi connectivity index (χ0n) is 50.0. The van der Waals surface area contributed by atoms with Crippen molar-refractivity contribution < 1.29 is 81.9 Å². The summed E-state index contributed by atoms with van der Waals surface area (Å²) < 4.78 is 52.1. The molecule has 2 amide bonds. The molecule has 0 unspecified atom stereocenters. The fourth-order valence-electron chi connectivity index (χ4n) is 11.5. The molecule has 16 atom stereocenters. The first-order valence-corrected chi connectivity index (χ1v) is 29.5. The maximum atomic E-state index is 14.6. The van der Waals surface area contributed by atoms with Crippen molar-refractivity contribution in [2.45, 2.75) is 200 Å². The van der Waals surface area contributed by atoms with Crippen LogP contribution in [0.25, 0.3) is 0 Å². The first-order chi connectivity index (χ1) is 38.2. The summed E-state index contributed by atoms with van der Waals surface area (Å²) in [6, 6.07) is -1.18. The Labute approximate surface area is 476 Å². The highest BCUT2D eigenvalue weighted by atomic mass is 16.6. The Balaban J connectivity index is 1.53. The van der Waals surface area contributed by atoms with Crippen molar-refractivity contribution >= 4 is 29.5 Å². The standard InChI is InChI=1S/C61H100N2O17/c1-12-27-75-29-31-77-32-30-76-28-25-62-60(70)79-50-24-22-46(36-53(50)73-10)35-41(4)49(64)38-52-42(5)34-44(7)55(66)56(74-11)54(65)43(6)33-39(2)18-14-13-15-19-40(3)51(72-9)37-47-23-21-45(8)61(71,80-47)57(67)58(68)63-26-17-16-20-48(63)59(69)78-52/h13-15,18-19,34,39,41-43,45-53,55-56,64,66,71H,12,16-17,20-33,35-38H2,1-11H3,(H,62,70)/b15-13+,18-14+,40-19+,44-34+/t39-,41-,42-,43-,45-,46+,47+,48+,49+,50-,51+,52-,53-,55-,56+,61-/m1/s1. The van der Waals surface area contributed by atoms with E-state index in [0.29, 0.717) is 109 Å². The number of ether oxygens (including phenoxy) is 9. The Bertz CT molecular complexity index is 2050. The van der Waals surface area contributed by atoms with Crippen LogP contribution in [0.4, 0.5) is 4.79 Å². The number of alkyl carbamates (subject to hydrolysis) is 1. The quantitative estimate of drug-likeness (QED) is 0.0409. The van der Waals surface area contributed by atoms with E-state index >= 15 is 0 Å².